The molecule has 3 N–H and O–H groups in total. The predicted molar refractivity (Wildman–Crippen MR) is 246 cm³/mol. The van der Waals surface area contributed by atoms with Crippen molar-refractivity contribution in [3.8, 4) is 0 Å². The summed E-state index contributed by atoms with van der Waals surface area (Å²) in [6, 6.07) is 0. The summed E-state index contributed by atoms with van der Waals surface area (Å²) in [7, 11) is -4.53. The van der Waals surface area contributed by atoms with Crippen LogP contribution in [0.1, 0.15) is 187 Å². The largest absolute Gasteiger partial charge is 0.472 e. The number of ether oxygens (including phenoxy) is 2. The molecular weight excluding hydrogens is 764 g/mol. The number of allylic oxidation sites excluding steroid dienone is 12. The van der Waals surface area contributed by atoms with Crippen LogP contribution < -0.4 is 0 Å². The number of aliphatic hydroxyl groups is 2. The Morgan fingerprint density at radius 2 is 0.966 bits per heavy atom. The smallest absolute Gasteiger partial charge is 0.457 e. The van der Waals surface area contributed by atoms with E-state index in [1.807, 2.05) is 0 Å². The molecule has 0 aromatic rings. The van der Waals surface area contributed by atoms with Crippen LogP contribution in [0.5, 0.6) is 0 Å². The van der Waals surface area contributed by atoms with Gasteiger partial charge in [-0.2, -0.15) is 0 Å². The van der Waals surface area contributed by atoms with E-state index in [2.05, 4.69) is 86.8 Å². The van der Waals surface area contributed by atoms with Crippen LogP contribution in [0.4, 0.5) is 0 Å². The highest BCUT2D eigenvalue weighted by Gasteiger charge is 2.26. The molecule has 0 saturated heterocycles. The van der Waals surface area contributed by atoms with Gasteiger partial charge in [-0.15, -0.1) is 0 Å². The number of rotatable bonds is 44. The van der Waals surface area contributed by atoms with Crippen molar-refractivity contribution in [3.63, 3.8) is 0 Å². The summed E-state index contributed by atoms with van der Waals surface area (Å²) in [5.41, 5.74) is 0. The van der Waals surface area contributed by atoms with E-state index < -0.39 is 39.2 Å². The molecule has 0 radical (unpaired) electrons. The molecule has 0 aliphatic rings. The molecule has 0 rings (SSSR count). The van der Waals surface area contributed by atoms with E-state index in [-0.39, 0.29) is 19.6 Å². The third-order valence-electron chi connectivity index (χ3n) is 9.63. The highest BCUT2D eigenvalue weighted by atomic mass is 31.2. The second-order valence-electron chi connectivity index (χ2n) is 15.4. The molecular formula is C49H87O9P. The first-order valence-corrected chi connectivity index (χ1v) is 24.9. The quantitative estimate of drug-likeness (QED) is 0.0237. The van der Waals surface area contributed by atoms with E-state index in [4.69, 9.17) is 23.6 Å². The molecule has 3 unspecified atom stereocenters. The van der Waals surface area contributed by atoms with Crippen LogP contribution in [0.15, 0.2) is 72.9 Å². The van der Waals surface area contributed by atoms with Crippen LogP contribution in [0.3, 0.4) is 0 Å². The zero-order chi connectivity index (χ0) is 43.2. The van der Waals surface area contributed by atoms with Crippen molar-refractivity contribution in [3.05, 3.63) is 72.9 Å². The molecule has 0 saturated carbocycles. The van der Waals surface area contributed by atoms with Gasteiger partial charge in [-0.3, -0.25) is 13.8 Å². The Balaban J connectivity index is 4.17. The number of hydrogen-bond acceptors (Lipinski definition) is 8. The second kappa shape index (κ2) is 45.4. The van der Waals surface area contributed by atoms with Crippen LogP contribution >= 0.6 is 7.82 Å². The first-order valence-electron chi connectivity index (χ1n) is 23.4. The maximum atomic E-state index is 12.7. The van der Waals surface area contributed by atoms with E-state index in [0.717, 1.165) is 83.5 Å². The number of hydrogen-bond donors (Lipinski definition) is 3. The lowest BCUT2D eigenvalue weighted by atomic mass is 10.1. The monoisotopic (exact) mass is 851 g/mol. The van der Waals surface area contributed by atoms with Crippen molar-refractivity contribution < 1.29 is 43.0 Å². The van der Waals surface area contributed by atoms with Crippen LogP contribution in [-0.4, -0.2) is 66.3 Å². The molecule has 0 aromatic carbocycles. The van der Waals surface area contributed by atoms with Gasteiger partial charge in [-0.05, 0) is 83.5 Å². The summed E-state index contributed by atoms with van der Waals surface area (Å²) in [5.74, 6) is -0.398. The molecule has 0 spiro atoms. The third-order valence-corrected chi connectivity index (χ3v) is 10.6. The average Bonchev–Trinajstić information content (AvgIpc) is 3.23. The van der Waals surface area contributed by atoms with Gasteiger partial charge in [0.2, 0.25) is 0 Å². The van der Waals surface area contributed by atoms with Gasteiger partial charge in [0, 0.05) is 13.0 Å². The van der Waals surface area contributed by atoms with Crippen molar-refractivity contribution in [2.24, 2.45) is 0 Å². The van der Waals surface area contributed by atoms with Crippen molar-refractivity contribution in [2.45, 2.75) is 199 Å². The molecule has 10 heteroatoms. The first-order chi connectivity index (χ1) is 28.8. The standard InChI is InChI=1S/C49H87O9P/c1-3-5-7-9-11-13-15-17-19-20-21-22-23-24-25-26-27-29-31-33-35-37-39-41-49(52)58-48(46-57-59(53,54)56-44-47(51)43-50)45-55-42-40-38-36-34-32-30-28-18-16-14-12-10-8-6-4-2/h5,7,11,13,16-19,21-22,24-25,47-48,50-51H,3-4,6,8-10,12,14-15,20,23,26-46H2,1-2H3,(H,53,54)/b7-5-,13-11-,18-16-,19-17-,22-21-,25-24-. The fraction of sp³-hybridized carbons (Fsp3) is 0.735. The molecule has 59 heavy (non-hydrogen) atoms. The van der Waals surface area contributed by atoms with Gasteiger partial charge in [-0.25, -0.2) is 4.57 Å². The van der Waals surface area contributed by atoms with Crippen molar-refractivity contribution >= 4 is 13.8 Å². The van der Waals surface area contributed by atoms with Crippen molar-refractivity contribution in [1.82, 2.24) is 0 Å². The third kappa shape index (κ3) is 45.3. The summed E-state index contributed by atoms with van der Waals surface area (Å²) in [6.07, 6.45) is 54.3. The minimum Gasteiger partial charge on any atom is -0.457 e. The molecule has 342 valence electrons. The number of aliphatic hydroxyl groups excluding tert-OH is 2. The predicted octanol–water partition coefficient (Wildman–Crippen LogP) is 13.3. The second-order valence-corrected chi connectivity index (χ2v) is 16.8. The lowest BCUT2D eigenvalue weighted by molar-refractivity contribution is -0.154. The lowest BCUT2D eigenvalue weighted by Crippen LogP contribution is -2.29. The minimum atomic E-state index is -4.53. The molecule has 0 aliphatic carbocycles. The number of esters is 1. The molecule has 0 amide bonds. The number of carbonyl (C=O) groups is 1. The summed E-state index contributed by atoms with van der Waals surface area (Å²) in [6.45, 7) is 3.36. The number of carbonyl (C=O) groups excluding carboxylic acids is 1. The Morgan fingerprint density at radius 1 is 0.542 bits per heavy atom. The van der Waals surface area contributed by atoms with Gasteiger partial charge in [0.15, 0.2) is 0 Å². The maximum Gasteiger partial charge on any atom is 0.472 e. The fourth-order valence-electron chi connectivity index (χ4n) is 6.08. The van der Waals surface area contributed by atoms with Crippen LogP contribution in [0.25, 0.3) is 0 Å². The average molecular weight is 851 g/mol. The summed E-state index contributed by atoms with van der Waals surface area (Å²) < 4.78 is 33.4. The van der Waals surface area contributed by atoms with E-state index in [1.165, 1.54) is 77.0 Å². The van der Waals surface area contributed by atoms with Crippen LogP contribution in [0.2, 0.25) is 0 Å². The normalized spacial score (nSPS) is 14.6. The SMILES string of the molecule is CC/C=C\C/C=C\C/C=C\C/C=C\C/C=C\CCCCCCCCCC(=O)OC(COCCCCCCCC/C=C\CCCCCCC)COP(=O)(O)OCC(O)CO. The van der Waals surface area contributed by atoms with E-state index in [0.29, 0.717) is 13.0 Å². The summed E-state index contributed by atoms with van der Waals surface area (Å²) in [5, 5.41) is 18.4. The molecule has 9 nitrogen and oxygen atoms in total. The highest BCUT2D eigenvalue weighted by molar-refractivity contribution is 7.47. The highest BCUT2D eigenvalue weighted by Crippen LogP contribution is 2.43. The first kappa shape index (κ1) is 56.9. The maximum absolute atomic E-state index is 12.7. The van der Waals surface area contributed by atoms with Crippen molar-refractivity contribution in [2.75, 3.05) is 33.0 Å². The van der Waals surface area contributed by atoms with Gasteiger partial charge in [0.25, 0.3) is 0 Å². The number of unbranched alkanes of at least 4 members (excludes halogenated alkanes) is 18. The van der Waals surface area contributed by atoms with E-state index in [9.17, 15) is 19.4 Å². The van der Waals surface area contributed by atoms with Gasteiger partial charge in [0.1, 0.15) is 12.2 Å². The van der Waals surface area contributed by atoms with E-state index in [1.54, 1.807) is 0 Å². The zero-order valence-corrected chi connectivity index (χ0v) is 38.3. The number of phosphoric ester groups is 1. The Labute approximate surface area is 361 Å². The Morgan fingerprint density at radius 3 is 1.47 bits per heavy atom. The molecule has 0 fully saturated rings. The summed E-state index contributed by atoms with van der Waals surface area (Å²) >= 11 is 0. The Bertz CT molecular complexity index is 1150. The molecule has 0 heterocycles. The molecule has 0 aliphatic heterocycles. The molecule has 0 aromatic heterocycles. The number of phosphoric acid groups is 1. The molecule has 3 atom stereocenters. The lowest BCUT2D eigenvalue weighted by Gasteiger charge is -2.20. The minimum absolute atomic E-state index is 0.0373. The fourth-order valence-corrected chi connectivity index (χ4v) is 6.87. The zero-order valence-electron chi connectivity index (χ0n) is 37.4. The topological polar surface area (TPSA) is 132 Å². The van der Waals surface area contributed by atoms with Gasteiger partial charge in [0.05, 0.1) is 26.4 Å². The van der Waals surface area contributed by atoms with Gasteiger partial charge >= 0.3 is 13.8 Å². The van der Waals surface area contributed by atoms with Gasteiger partial charge in [-0.1, -0.05) is 170 Å². The van der Waals surface area contributed by atoms with E-state index >= 15 is 0 Å². The Kier molecular flexibility index (Phi) is 43.8. The van der Waals surface area contributed by atoms with Crippen LogP contribution in [0, 0.1) is 0 Å². The van der Waals surface area contributed by atoms with Crippen molar-refractivity contribution in [1.29, 1.82) is 0 Å². The molecule has 0 bridgehead atoms. The van der Waals surface area contributed by atoms with Gasteiger partial charge < -0.3 is 24.6 Å². The summed E-state index contributed by atoms with van der Waals surface area (Å²) in [4.78, 5) is 22.6. The van der Waals surface area contributed by atoms with Crippen LogP contribution in [-0.2, 0) is 27.9 Å². The Hall–Kier alpha value is -2.10.